The quantitative estimate of drug-likeness (QED) is 0.575. The maximum Gasteiger partial charge on any atom is 0.242 e. The van der Waals surface area contributed by atoms with Gasteiger partial charge in [0.2, 0.25) is 5.91 Å². The first-order valence-corrected chi connectivity index (χ1v) is 9.39. The Bertz CT molecular complexity index is 885. The van der Waals surface area contributed by atoms with E-state index in [2.05, 4.69) is 5.32 Å². The minimum atomic E-state index is -0.373. The molecule has 1 amide bonds. The summed E-state index contributed by atoms with van der Waals surface area (Å²) in [4.78, 5) is 14.1. The standard InChI is InChI=1S/C22H21NO3S/c1-25-19-14-13-17(15-20(19)26-2)23-22(24)21(16-9-5-3-6-10-16)27-18-11-7-4-8-12-18/h3-15,21H,1-2H3,(H,23,24). The second-order valence-electron chi connectivity index (χ2n) is 5.78. The zero-order chi connectivity index (χ0) is 19.1. The summed E-state index contributed by atoms with van der Waals surface area (Å²) < 4.78 is 10.6. The van der Waals surface area contributed by atoms with Crippen LogP contribution >= 0.6 is 11.8 Å². The molecule has 5 heteroatoms. The highest BCUT2D eigenvalue weighted by atomic mass is 32.2. The lowest BCUT2D eigenvalue weighted by atomic mass is 10.1. The number of carbonyl (C=O) groups excluding carboxylic acids is 1. The highest BCUT2D eigenvalue weighted by Crippen LogP contribution is 2.37. The molecule has 1 atom stereocenters. The summed E-state index contributed by atoms with van der Waals surface area (Å²) in [6.45, 7) is 0. The van der Waals surface area contributed by atoms with Gasteiger partial charge < -0.3 is 14.8 Å². The largest absolute Gasteiger partial charge is 0.493 e. The van der Waals surface area contributed by atoms with Crippen molar-refractivity contribution in [3.05, 3.63) is 84.4 Å². The molecule has 1 N–H and O–H groups in total. The van der Waals surface area contributed by atoms with Crippen molar-refractivity contribution in [3.63, 3.8) is 0 Å². The zero-order valence-electron chi connectivity index (χ0n) is 15.2. The van der Waals surface area contributed by atoms with Gasteiger partial charge >= 0.3 is 0 Å². The predicted octanol–water partition coefficient (Wildman–Crippen LogP) is 5.18. The molecule has 3 aromatic carbocycles. The second-order valence-corrected chi connectivity index (χ2v) is 6.96. The van der Waals surface area contributed by atoms with Gasteiger partial charge in [0.1, 0.15) is 5.25 Å². The summed E-state index contributed by atoms with van der Waals surface area (Å²) in [5.41, 5.74) is 1.61. The lowest BCUT2D eigenvalue weighted by molar-refractivity contribution is -0.115. The number of amides is 1. The Kier molecular flexibility index (Phi) is 6.39. The third kappa shape index (κ3) is 4.83. The molecule has 0 aliphatic heterocycles. The van der Waals surface area contributed by atoms with Gasteiger partial charge in [-0.3, -0.25) is 4.79 Å². The van der Waals surface area contributed by atoms with Crippen molar-refractivity contribution in [2.24, 2.45) is 0 Å². The van der Waals surface area contributed by atoms with Crippen molar-refractivity contribution in [1.29, 1.82) is 0 Å². The van der Waals surface area contributed by atoms with Crippen LogP contribution in [0.1, 0.15) is 10.8 Å². The summed E-state index contributed by atoms with van der Waals surface area (Å²) in [5, 5.41) is 2.62. The van der Waals surface area contributed by atoms with Crippen molar-refractivity contribution in [2.75, 3.05) is 19.5 Å². The highest BCUT2D eigenvalue weighted by Gasteiger charge is 2.22. The first-order chi connectivity index (χ1) is 13.2. The fourth-order valence-corrected chi connectivity index (χ4v) is 3.70. The molecule has 0 aromatic heterocycles. The van der Waals surface area contributed by atoms with Crippen molar-refractivity contribution in [2.45, 2.75) is 10.1 Å². The van der Waals surface area contributed by atoms with E-state index in [0.29, 0.717) is 17.2 Å². The normalized spacial score (nSPS) is 11.5. The van der Waals surface area contributed by atoms with Gasteiger partial charge in [0, 0.05) is 16.6 Å². The van der Waals surface area contributed by atoms with Gasteiger partial charge in [-0.25, -0.2) is 0 Å². The SMILES string of the molecule is COc1ccc(NC(=O)C(Sc2ccccc2)c2ccccc2)cc1OC. The fraction of sp³-hybridized carbons (Fsp3) is 0.136. The first-order valence-electron chi connectivity index (χ1n) is 8.51. The van der Waals surface area contributed by atoms with Crippen molar-refractivity contribution in [3.8, 4) is 11.5 Å². The Morgan fingerprint density at radius 3 is 2.11 bits per heavy atom. The number of hydrogen-bond donors (Lipinski definition) is 1. The predicted molar refractivity (Wildman–Crippen MR) is 110 cm³/mol. The van der Waals surface area contributed by atoms with E-state index in [4.69, 9.17) is 9.47 Å². The molecule has 4 nitrogen and oxygen atoms in total. The second kappa shape index (κ2) is 9.14. The summed E-state index contributed by atoms with van der Waals surface area (Å²) in [5.74, 6) is 1.10. The molecule has 0 saturated heterocycles. The Morgan fingerprint density at radius 2 is 1.48 bits per heavy atom. The molecule has 0 aliphatic rings. The third-order valence-corrected chi connectivity index (χ3v) is 5.25. The number of hydrogen-bond acceptors (Lipinski definition) is 4. The zero-order valence-corrected chi connectivity index (χ0v) is 16.0. The minimum absolute atomic E-state index is 0.0951. The third-order valence-electron chi connectivity index (χ3n) is 3.99. The van der Waals surface area contributed by atoms with Gasteiger partial charge in [-0.15, -0.1) is 11.8 Å². The Labute approximate surface area is 163 Å². The summed E-state index contributed by atoms with van der Waals surface area (Å²) >= 11 is 1.52. The van der Waals surface area contributed by atoms with E-state index in [9.17, 15) is 4.79 Å². The average Bonchev–Trinajstić information content (AvgIpc) is 2.73. The van der Waals surface area contributed by atoms with Gasteiger partial charge in [-0.2, -0.15) is 0 Å². The molecule has 1 unspecified atom stereocenters. The van der Waals surface area contributed by atoms with Crippen LogP contribution in [0.5, 0.6) is 11.5 Å². The fourth-order valence-electron chi connectivity index (χ4n) is 2.66. The number of ether oxygens (including phenoxy) is 2. The summed E-state index contributed by atoms with van der Waals surface area (Å²) in [6, 6.07) is 25.0. The molecule has 27 heavy (non-hydrogen) atoms. The van der Waals surface area contributed by atoms with E-state index >= 15 is 0 Å². The molecule has 138 valence electrons. The maximum atomic E-state index is 13.1. The van der Waals surface area contributed by atoms with Crippen LogP contribution < -0.4 is 14.8 Å². The van der Waals surface area contributed by atoms with Gasteiger partial charge in [0.25, 0.3) is 0 Å². The topological polar surface area (TPSA) is 47.6 Å². The Balaban J connectivity index is 1.85. The van der Waals surface area contributed by atoms with Crippen LogP contribution in [0.25, 0.3) is 0 Å². The number of methoxy groups -OCH3 is 2. The average molecular weight is 379 g/mol. The van der Waals surface area contributed by atoms with Crippen molar-refractivity contribution in [1.82, 2.24) is 0 Å². The van der Waals surface area contributed by atoms with E-state index in [-0.39, 0.29) is 11.2 Å². The summed E-state index contributed by atoms with van der Waals surface area (Å²) in [6.07, 6.45) is 0. The molecule has 0 radical (unpaired) electrons. The number of carbonyl (C=O) groups is 1. The number of thioether (sulfide) groups is 1. The number of benzene rings is 3. The van der Waals surface area contributed by atoms with Crippen LogP contribution in [0.15, 0.2) is 83.8 Å². The van der Waals surface area contributed by atoms with E-state index in [1.165, 1.54) is 11.8 Å². The van der Waals surface area contributed by atoms with Gasteiger partial charge in [0.05, 0.1) is 14.2 Å². The van der Waals surface area contributed by atoms with Crippen molar-refractivity contribution >= 4 is 23.4 Å². The molecule has 3 rings (SSSR count). The van der Waals surface area contributed by atoms with E-state index < -0.39 is 0 Å². The molecule has 0 aliphatic carbocycles. The molecule has 0 bridgehead atoms. The first kappa shape index (κ1) is 18.9. The van der Waals surface area contributed by atoms with E-state index in [1.807, 2.05) is 60.7 Å². The van der Waals surface area contributed by atoms with Crippen LogP contribution in [0.3, 0.4) is 0 Å². The summed E-state index contributed by atoms with van der Waals surface area (Å²) in [7, 11) is 3.15. The Morgan fingerprint density at radius 1 is 0.852 bits per heavy atom. The van der Waals surface area contributed by atoms with Gasteiger partial charge in [-0.05, 0) is 29.8 Å². The van der Waals surface area contributed by atoms with Crippen LogP contribution in [0.4, 0.5) is 5.69 Å². The number of anilines is 1. The monoisotopic (exact) mass is 379 g/mol. The van der Waals surface area contributed by atoms with Gasteiger partial charge in [-0.1, -0.05) is 48.5 Å². The van der Waals surface area contributed by atoms with Crippen LogP contribution in [0, 0.1) is 0 Å². The molecule has 0 heterocycles. The molecule has 0 spiro atoms. The van der Waals surface area contributed by atoms with Crippen molar-refractivity contribution < 1.29 is 14.3 Å². The molecule has 3 aromatic rings. The van der Waals surface area contributed by atoms with Crippen LogP contribution in [-0.4, -0.2) is 20.1 Å². The minimum Gasteiger partial charge on any atom is -0.493 e. The number of nitrogens with one attached hydrogen (secondary N) is 1. The molecule has 0 saturated carbocycles. The molecular formula is C22H21NO3S. The lowest BCUT2D eigenvalue weighted by Gasteiger charge is -2.18. The smallest absolute Gasteiger partial charge is 0.242 e. The number of rotatable bonds is 7. The Hall–Kier alpha value is -2.92. The molecule has 0 fully saturated rings. The maximum absolute atomic E-state index is 13.1. The van der Waals surface area contributed by atoms with Gasteiger partial charge in [0.15, 0.2) is 11.5 Å². The van der Waals surface area contributed by atoms with Crippen LogP contribution in [0.2, 0.25) is 0 Å². The van der Waals surface area contributed by atoms with E-state index in [0.717, 1.165) is 10.5 Å². The van der Waals surface area contributed by atoms with Crippen LogP contribution in [-0.2, 0) is 4.79 Å². The lowest BCUT2D eigenvalue weighted by Crippen LogP contribution is -2.19. The molecular weight excluding hydrogens is 358 g/mol. The van der Waals surface area contributed by atoms with E-state index in [1.54, 1.807) is 32.4 Å². The highest BCUT2D eigenvalue weighted by molar-refractivity contribution is 8.00.